The molecule has 0 unspecified atom stereocenters. The zero-order valence-corrected chi connectivity index (χ0v) is 16.0. The number of para-hydroxylation sites is 1. The maximum absolute atomic E-state index is 12.5. The second kappa shape index (κ2) is 9.02. The van der Waals surface area contributed by atoms with Gasteiger partial charge in [-0.2, -0.15) is 0 Å². The number of rotatable bonds is 7. The molecule has 1 amide bonds. The van der Waals surface area contributed by atoms with Crippen molar-refractivity contribution in [2.75, 3.05) is 41.4 Å². The standard InChI is InChI=1S/C20H30N2O3/c1-15(10-16-8-6-7-9-19(16)25-5)11-20(23)22(3)13-17-12-18(24-4)14-21(17)2/h6-9,11,17-18H,10,12-14H2,1-5H3/b15-11-/t17-,18-/m0/s1. The van der Waals surface area contributed by atoms with Crippen molar-refractivity contribution >= 4 is 5.91 Å². The molecule has 1 saturated heterocycles. The third-order valence-corrected chi connectivity index (χ3v) is 4.88. The Bertz CT molecular complexity index is 615. The average Bonchev–Trinajstić information content (AvgIpc) is 2.95. The van der Waals surface area contributed by atoms with Gasteiger partial charge in [0.15, 0.2) is 0 Å². The van der Waals surface area contributed by atoms with Gasteiger partial charge in [0.25, 0.3) is 0 Å². The second-order valence-corrected chi connectivity index (χ2v) is 6.88. The molecular weight excluding hydrogens is 316 g/mol. The van der Waals surface area contributed by atoms with E-state index in [1.807, 2.05) is 38.2 Å². The summed E-state index contributed by atoms with van der Waals surface area (Å²) in [5, 5.41) is 0. The van der Waals surface area contributed by atoms with Gasteiger partial charge in [0, 0.05) is 39.4 Å². The highest BCUT2D eigenvalue weighted by molar-refractivity contribution is 5.88. The van der Waals surface area contributed by atoms with E-state index in [0.29, 0.717) is 19.0 Å². The van der Waals surface area contributed by atoms with Crippen molar-refractivity contribution in [3.8, 4) is 5.75 Å². The molecule has 2 atom stereocenters. The Balaban J connectivity index is 1.94. The summed E-state index contributed by atoms with van der Waals surface area (Å²) in [4.78, 5) is 16.6. The number of carbonyl (C=O) groups is 1. The quantitative estimate of drug-likeness (QED) is 0.711. The van der Waals surface area contributed by atoms with Crippen LogP contribution in [0.3, 0.4) is 0 Å². The number of hydrogen-bond donors (Lipinski definition) is 0. The van der Waals surface area contributed by atoms with Crippen molar-refractivity contribution in [1.82, 2.24) is 9.80 Å². The van der Waals surface area contributed by atoms with Gasteiger partial charge in [-0.1, -0.05) is 23.8 Å². The molecule has 0 N–H and O–H groups in total. The third kappa shape index (κ3) is 5.31. The second-order valence-electron chi connectivity index (χ2n) is 6.88. The van der Waals surface area contributed by atoms with Crippen LogP contribution in [0.15, 0.2) is 35.9 Å². The summed E-state index contributed by atoms with van der Waals surface area (Å²) in [5.41, 5.74) is 2.11. The molecule has 0 aliphatic carbocycles. The number of ether oxygens (including phenoxy) is 2. The lowest BCUT2D eigenvalue weighted by atomic mass is 10.0. The number of benzene rings is 1. The van der Waals surface area contributed by atoms with Crippen molar-refractivity contribution in [3.63, 3.8) is 0 Å². The van der Waals surface area contributed by atoms with Crippen molar-refractivity contribution in [2.24, 2.45) is 0 Å². The number of likely N-dealkylation sites (tertiary alicyclic amines) is 1. The van der Waals surface area contributed by atoms with Gasteiger partial charge in [0.05, 0.1) is 13.2 Å². The monoisotopic (exact) mass is 346 g/mol. The van der Waals surface area contributed by atoms with Gasteiger partial charge >= 0.3 is 0 Å². The van der Waals surface area contributed by atoms with Crippen molar-refractivity contribution in [2.45, 2.75) is 31.9 Å². The summed E-state index contributed by atoms with van der Waals surface area (Å²) in [7, 11) is 7.37. The first-order valence-corrected chi connectivity index (χ1v) is 8.71. The van der Waals surface area contributed by atoms with Crippen LogP contribution < -0.4 is 4.74 Å². The van der Waals surface area contributed by atoms with Gasteiger partial charge in [-0.3, -0.25) is 9.69 Å². The molecule has 0 aromatic heterocycles. The van der Waals surface area contributed by atoms with E-state index in [1.165, 1.54) is 0 Å². The summed E-state index contributed by atoms with van der Waals surface area (Å²) in [6, 6.07) is 8.26. The van der Waals surface area contributed by atoms with Gasteiger partial charge in [0.1, 0.15) is 5.75 Å². The molecule has 1 aromatic rings. The Morgan fingerprint density at radius 3 is 2.72 bits per heavy atom. The van der Waals surface area contributed by atoms with Crippen LogP contribution in [0, 0.1) is 0 Å². The maximum Gasteiger partial charge on any atom is 0.246 e. The number of carbonyl (C=O) groups excluding carboxylic acids is 1. The molecule has 5 nitrogen and oxygen atoms in total. The molecular formula is C20H30N2O3. The van der Waals surface area contributed by atoms with Gasteiger partial charge in [-0.05, 0) is 38.4 Å². The van der Waals surface area contributed by atoms with Gasteiger partial charge in [-0.25, -0.2) is 0 Å². The number of methoxy groups -OCH3 is 2. The number of hydrogen-bond acceptors (Lipinski definition) is 4. The van der Waals surface area contributed by atoms with E-state index in [9.17, 15) is 4.79 Å². The first-order chi connectivity index (χ1) is 11.9. The van der Waals surface area contributed by atoms with Crippen LogP contribution in [0.1, 0.15) is 18.9 Å². The SMILES string of the molecule is COc1ccccc1C/C(C)=C\C(=O)N(C)C[C@@H]1C[C@H](OC)CN1C. The zero-order valence-electron chi connectivity index (χ0n) is 16.0. The minimum atomic E-state index is 0.0432. The highest BCUT2D eigenvalue weighted by Gasteiger charge is 2.30. The predicted molar refractivity (Wildman–Crippen MR) is 99.9 cm³/mol. The van der Waals surface area contributed by atoms with Crippen molar-refractivity contribution < 1.29 is 14.3 Å². The lowest BCUT2D eigenvalue weighted by Gasteiger charge is -2.25. The number of allylic oxidation sites excluding steroid dienone is 1. The Labute approximate surface area is 151 Å². The normalized spacial score (nSPS) is 21.4. The minimum Gasteiger partial charge on any atom is -0.496 e. The van der Waals surface area contributed by atoms with E-state index in [-0.39, 0.29) is 12.0 Å². The lowest BCUT2D eigenvalue weighted by molar-refractivity contribution is -0.125. The highest BCUT2D eigenvalue weighted by Crippen LogP contribution is 2.21. The van der Waals surface area contributed by atoms with Gasteiger partial charge < -0.3 is 14.4 Å². The van der Waals surface area contributed by atoms with E-state index in [4.69, 9.17) is 9.47 Å². The largest absolute Gasteiger partial charge is 0.496 e. The van der Waals surface area contributed by atoms with Crippen LogP contribution in [0.25, 0.3) is 0 Å². The average molecular weight is 346 g/mol. The minimum absolute atomic E-state index is 0.0432. The topological polar surface area (TPSA) is 42.0 Å². The molecule has 138 valence electrons. The molecule has 1 aliphatic heterocycles. The Hall–Kier alpha value is -1.85. The Kier molecular flexibility index (Phi) is 7.02. The lowest BCUT2D eigenvalue weighted by Crippen LogP contribution is -2.39. The van der Waals surface area contributed by atoms with Crippen LogP contribution in [0.5, 0.6) is 5.75 Å². The maximum atomic E-state index is 12.5. The van der Waals surface area contributed by atoms with E-state index in [1.54, 1.807) is 25.2 Å². The molecule has 0 bridgehead atoms. The van der Waals surface area contributed by atoms with Crippen LogP contribution in [0.2, 0.25) is 0 Å². The molecule has 1 aromatic carbocycles. The van der Waals surface area contributed by atoms with Crippen LogP contribution >= 0.6 is 0 Å². The third-order valence-electron chi connectivity index (χ3n) is 4.88. The number of nitrogens with zero attached hydrogens (tertiary/aromatic N) is 2. The van der Waals surface area contributed by atoms with E-state index < -0.39 is 0 Å². The number of likely N-dealkylation sites (N-methyl/N-ethyl adjacent to an activating group) is 2. The first kappa shape index (κ1) is 19.5. The Morgan fingerprint density at radius 2 is 2.08 bits per heavy atom. The smallest absolute Gasteiger partial charge is 0.246 e. The van der Waals surface area contributed by atoms with Gasteiger partial charge in [0.2, 0.25) is 5.91 Å². The van der Waals surface area contributed by atoms with E-state index >= 15 is 0 Å². The highest BCUT2D eigenvalue weighted by atomic mass is 16.5. The molecule has 2 rings (SSSR count). The molecule has 1 heterocycles. The molecule has 25 heavy (non-hydrogen) atoms. The molecule has 0 saturated carbocycles. The summed E-state index contributed by atoms with van der Waals surface area (Å²) >= 11 is 0. The van der Waals surface area contributed by atoms with Crippen molar-refractivity contribution in [1.29, 1.82) is 0 Å². The first-order valence-electron chi connectivity index (χ1n) is 8.71. The Morgan fingerprint density at radius 1 is 1.36 bits per heavy atom. The molecule has 1 aliphatic rings. The fourth-order valence-corrected chi connectivity index (χ4v) is 3.34. The fourth-order valence-electron chi connectivity index (χ4n) is 3.34. The predicted octanol–water partition coefficient (Wildman–Crippen LogP) is 2.36. The van der Waals surface area contributed by atoms with Gasteiger partial charge in [-0.15, -0.1) is 0 Å². The summed E-state index contributed by atoms with van der Waals surface area (Å²) in [6.45, 7) is 3.63. The zero-order chi connectivity index (χ0) is 18.4. The van der Waals surface area contributed by atoms with Crippen LogP contribution in [-0.4, -0.2) is 69.3 Å². The fraction of sp³-hybridized carbons (Fsp3) is 0.550. The number of amides is 1. The van der Waals surface area contributed by atoms with E-state index in [0.717, 1.165) is 29.9 Å². The molecule has 5 heteroatoms. The van der Waals surface area contributed by atoms with Crippen molar-refractivity contribution in [3.05, 3.63) is 41.5 Å². The van der Waals surface area contributed by atoms with Crippen LogP contribution in [-0.2, 0) is 16.0 Å². The van der Waals surface area contributed by atoms with Crippen LogP contribution in [0.4, 0.5) is 0 Å². The molecule has 0 radical (unpaired) electrons. The summed E-state index contributed by atoms with van der Waals surface area (Å²) in [6.07, 6.45) is 3.67. The summed E-state index contributed by atoms with van der Waals surface area (Å²) < 4.78 is 10.8. The molecule has 1 fully saturated rings. The van der Waals surface area contributed by atoms with E-state index in [2.05, 4.69) is 11.9 Å². The molecule has 0 spiro atoms. The summed E-state index contributed by atoms with van der Waals surface area (Å²) in [5.74, 6) is 0.899.